The van der Waals surface area contributed by atoms with Crippen LogP contribution < -0.4 is 10.1 Å². The van der Waals surface area contributed by atoms with Gasteiger partial charge in [-0.3, -0.25) is 4.98 Å². The molecule has 0 aliphatic rings. The van der Waals surface area contributed by atoms with E-state index in [9.17, 15) is 5.11 Å². The summed E-state index contributed by atoms with van der Waals surface area (Å²) in [5.41, 5.74) is 0.410. The predicted octanol–water partition coefficient (Wildman–Crippen LogP) is 1.97. The van der Waals surface area contributed by atoms with E-state index in [0.717, 1.165) is 23.2 Å². The number of ether oxygens (including phenoxy) is 1. The summed E-state index contributed by atoms with van der Waals surface area (Å²) in [5.74, 6) is 0.746. The lowest BCUT2D eigenvalue weighted by atomic mass is 10.1. The molecule has 1 atom stereocenters. The van der Waals surface area contributed by atoms with E-state index >= 15 is 0 Å². The van der Waals surface area contributed by atoms with Gasteiger partial charge in [0.25, 0.3) is 0 Å². The highest BCUT2D eigenvalue weighted by Crippen LogP contribution is 2.23. The van der Waals surface area contributed by atoms with Gasteiger partial charge in [-0.25, -0.2) is 0 Å². The molecule has 0 saturated heterocycles. The Morgan fingerprint density at radius 3 is 2.84 bits per heavy atom. The zero-order valence-corrected chi connectivity index (χ0v) is 11.4. The van der Waals surface area contributed by atoms with Gasteiger partial charge < -0.3 is 15.2 Å². The Balaban J connectivity index is 2.17. The normalized spacial score (nSPS) is 14.3. The van der Waals surface area contributed by atoms with Gasteiger partial charge in [0.05, 0.1) is 12.1 Å². The quantitative estimate of drug-likeness (QED) is 0.834. The summed E-state index contributed by atoms with van der Waals surface area (Å²) < 4.78 is 5.84. The first-order valence-electron chi connectivity index (χ1n) is 6.51. The molecule has 2 aromatic rings. The third-order valence-electron chi connectivity index (χ3n) is 3.09. The summed E-state index contributed by atoms with van der Waals surface area (Å²) in [6.45, 7) is 5.16. The van der Waals surface area contributed by atoms with E-state index in [1.807, 2.05) is 44.2 Å². The molecule has 4 nitrogen and oxygen atoms in total. The number of likely N-dealkylation sites (N-methyl/N-ethyl adjacent to an activating group) is 1. The lowest BCUT2D eigenvalue weighted by molar-refractivity contribution is 0.118. The number of hydrogen-bond acceptors (Lipinski definition) is 4. The van der Waals surface area contributed by atoms with Gasteiger partial charge in [0, 0.05) is 11.6 Å². The number of fused-ring (bicyclic) bond motifs is 1. The average molecular weight is 260 g/mol. The van der Waals surface area contributed by atoms with Gasteiger partial charge >= 0.3 is 0 Å². The zero-order chi connectivity index (χ0) is 13.7. The number of aromatic nitrogens is 1. The van der Waals surface area contributed by atoms with Crippen molar-refractivity contribution in [1.29, 1.82) is 0 Å². The molecule has 0 radical (unpaired) electrons. The Hall–Kier alpha value is -1.65. The number of benzene rings is 1. The molecule has 0 fully saturated rings. The van der Waals surface area contributed by atoms with E-state index in [4.69, 9.17) is 4.74 Å². The van der Waals surface area contributed by atoms with E-state index in [1.54, 1.807) is 6.20 Å². The molecule has 19 heavy (non-hydrogen) atoms. The topological polar surface area (TPSA) is 54.4 Å². The lowest BCUT2D eigenvalue weighted by Gasteiger charge is -2.28. The van der Waals surface area contributed by atoms with E-state index < -0.39 is 5.54 Å². The molecule has 102 valence electrons. The smallest absolute Gasteiger partial charge is 0.145 e. The monoisotopic (exact) mass is 260 g/mol. The van der Waals surface area contributed by atoms with Gasteiger partial charge in [0.1, 0.15) is 17.9 Å². The van der Waals surface area contributed by atoms with Crippen molar-refractivity contribution in [2.75, 3.05) is 19.8 Å². The minimum atomic E-state index is -0.439. The first-order chi connectivity index (χ1) is 9.18. The fourth-order valence-corrected chi connectivity index (χ4v) is 2.01. The van der Waals surface area contributed by atoms with Crippen LogP contribution in [0.2, 0.25) is 0 Å². The van der Waals surface area contributed by atoms with Gasteiger partial charge in [-0.05, 0) is 25.6 Å². The van der Waals surface area contributed by atoms with Crippen molar-refractivity contribution in [2.24, 2.45) is 0 Å². The van der Waals surface area contributed by atoms with Crippen LogP contribution in [0.5, 0.6) is 5.75 Å². The zero-order valence-electron chi connectivity index (χ0n) is 11.4. The van der Waals surface area contributed by atoms with Crippen LogP contribution in [0.3, 0.4) is 0 Å². The van der Waals surface area contributed by atoms with Crippen LogP contribution >= 0.6 is 0 Å². The molecular weight excluding hydrogens is 240 g/mol. The Morgan fingerprint density at radius 1 is 1.32 bits per heavy atom. The van der Waals surface area contributed by atoms with Gasteiger partial charge in [0.2, 0.25) is 0 Å². The predicted molar refractivity (Wildman–Crippen MR) is 76.4 cm³/mol. The molecule has 2 rings (SSSR count). The van der Waals surface area contributed by atoms with Crippen LogP contribution in [0.25, 0.3) is 10.9 Å². The largest absolute Gasteiger partial charge is 0.489 e. The SMILES string of the molecule is CCNC(C)(CO)COc1cccc2cccnc12. The van der Waals surface area contributed by atoms with Crippen LogP contribution in [0.4, 0.5) is 0 Å². The molecule has 0 aliphatic heterocycles. The van der Waals surface area contributed by atoms with Crippen molar-refractivity contribution in [3.63, 3.8) is 0 Å². The number of rotatable bonds is 6. The second-order valence-electron chi connectivity index (χ2n) is 4.87. The van der Waals surface area contributed by atoms with Crippen LogP contribution in [-0.2, 0) is 0 Å². The average Bonchev–Trinajstić information content (AvgIpc) is 2.45. The molecule has 1 aromatic carbocycles. The Kier molecular flexibility index (Phi) is 4.35. The molecule has 1 unspecified atom stereocenters. The highest BCUT2D eigenvalue weighted by molar-refractivity contribution is 5.84. The third kappa shape index (κ3) is 3.22. The molecule has 1 aromatic heterocycles. The fourth-order valence-electron chi connectivity index (χ4n) is 2.01. The summed E-state index contributed by atoms with van der Waals surface area (Å²) in [6.07, 6.45) is 1.75. The summed E-state index contributed by atoms with van der Waals surface area (Å²) in [4.78, 5) is 4.35. The lowest BCUT2D eigenvalue weighted by Crippen LogP contribution is -2.50. The standard InChI is InChI=1S/C15H20N2O2/c1-3-17-15(2,10-18)11-19-13-8-4-6-12-7-5-9-16-14(12)13/h4-9,17-18H,3,10-11H2,1-2H3. The minimum Gasteiger partial charge on any atom is -0.489 e. The summed E-state index contributed by atoms with van der Waals surface area (Å²) in [7, 11) is 0. The summed E-state index contributed by atoms with van der Waals surface area (Å²) >= 11 is 0. The molecule has 0 aliphatic carbocycles. The van der Waals surface area contributed by atoms with Crippen molar-refractivity contribution in [3.05, 3.63) is 36.5 Å². The molecular formula is C15H20N2O2. The van der Waals surface area contributed by atoms with E-state index in [2.05, 4.69) is 10.3 Å². The molecule has 4 heteroatoms. The van der Waals surface area contributed by atoms with Crippen LogP contribution in [0.15, 0.2) is 36.5 Å². The van der Waals surface area contributed by atoms with Gasteiger partial charge in [-0.1, -0.05) is 25.1 Å². The minimum absolute atomic E-state index is 0.0268. The van der Waals surface area contributed by atoms with Gasteiger partial charge in [-0.15, -0.1) is 0 Å². The first-order valence-corrected chi connectivity index (χ1v) is 6.51. The Bertz CT molecular complexity index is 539. The fraction of sp³-hybridized carbons (Fsp3) is 0.400. The van der Waals surface area contributed by atoms with Gasteiger partial charge in [-0.2, -0.15) is 0 Å². The van der Waals surface area contributed by atoms with Crippen LogP contribution in [-0.4, -0.2) is 35.4 Å². The maximum absolute atomic E-state index is 9.45. The molecule has 2 N–H and O–H groups in total. The molecule has 0 spiro atoms. The van der Waals surface area contributed by atoms with E-state index in [0.29, 0.717) is 6.61 Å². The Labute approximate surface area is 113 Å². The Morgan fingerprint density at radius 2 is 2.11 bits per heavy atom. The maximum Gasteiger partial charge on any atom is 0.145 e. The highest BCUT2D eigenvalue weighted by atomic mass is 16.5. The molecule has 0 saturated carbocycles. The van der Waals surface area contributed by atoms with Crippen molar-refractivity contribution < 1.29 is 9.84 Å². The van der Waals surface area contributed by atoms with Crippen LogP contribution in [0, 0.1) is 0 Å². The number of aliphatic hydroxyl groups excluding tert-OH is 1. The van der Waals surface area contributed by atoms with Crippen molar-refractivity contribution in [2.45, 2.75) is 19.4 Å². The summed E-state index contributed by atoms with van der Waals surface area (Å²) in [6, 6.07) is 9.76. The number of hydrogen-bond donors (Lipinski definition) is 2. The van der Waals surface area contributed by atoms with Crippen molar-refractivity contribution in [1.82, 2.24) is 10.3 Å². The van der Waals surface area contributed by atoms with Crippen LogP contribution in [0.1, 0.15) is 13.8 Å². The second kappa shape index (κ2) is 5.99. The molecule has 1 heterocycles. The number of nitrogens with one attached hydrogen (secondary N) is 1. The van der Waals surface area contributed by atoms with E-state index in [1.165, 1.54) is 0 Å². The number of nitrogens with zero attached hydrogens (tertiary/aromatic N) is 1. The second-order valence-corrected chi connectivity index (χ2v) is 4.87. The molecule has 0 bridgehead atoms. The number of aliphatic hydroxyl groups is 1. The number of para-hydroxylation sites is 1. The third-order valence-corrected chi connectivity index (χ3v) is 3.09. The summed E-state index contributed by atoms with van der Waals surface area (Å²) in [5, 5.41) is 13.7. The highest BCUT2D eigenvalue weighted by Gasteiger charge is 2.23. The first kappa shape index (κ1) is 13.8. The maximum atomic E-state index is 9.45. The number of pyridine rings is 1. The van der Waals surface area contributed by atoms with E-state index in [-0.39, 0.29) is 6.61 Å². The van der Waals surface area contributed by atoms with Crippen molar-refractivity contribution >= 4 is 10.9 Å². The van der Waals surface area contributed by atoms with Crippen molar-refractivity contribution in [3.8, 4) is 5.75 Å². The van der Waals surface area contributed by atoms with Gasteiger partial charge in [0.15, 0.2) is 0 Å². The molecule has 0 amide bonds.